The topological polar surface area (TPSA) is 34.0 Å². The van der Waals surface area contributed by atoms with Gasteiger partial charge in [-0.1, -0.05) is 36.4 Å². The van der Waals surface area contributed by atoms with E-state index in [1.165, 1.54) is 29.9 Å². The monoisotopic (exact) mass is 360 g/mol. The van der Waals surface area contributed by atoms with Gasteiger partial charge in [-0.15, -0.1) is 0 Å². The summed E-state index contributed by atoms with van der Waals surface area (Å²) in [5.74, 6) is 1.68. The van der Waals surface area contributed by atoms with Crippen LogP contribution in [0.25, 0.3) is 0 Å². The number of likely N-dealkylation sites (tertiary alicyclic amines) is 1. The highest BCUT2D eigenvalue weighted by Gasteiger charge is 2.23. The largest absolute Gasteiger partial charge is 0.334 e. The summed E-state index contributed by atoms with van der Waals surface area (Å²) < 4.78 is 2.24. The highest BCUT2D eigenvalue weighted by Crippen LogP contribution is 2.27. The summed E-state index contributed by atoms with van der Waals surface area (Å²) in [5, 5.41) is 0. The quantitative estimate of drug-likeness (QED) is 0.658. The van der Waals surface area contributed by atoms with Crippen molar-refractivity contribution in [2.45, 2.75) is 45.2 Å². The molecule has 0 saturated carbocycles. The summed E-state index contributed by atoms with van der Waals surface area (Å²) in [7, 11) is 0. The fourth-order valence-electron chi connectivity index (χ4n) is 4.05. The smallest absolute Gasteiger partial charge is 0.122 e. The molecule has 0 N–H and O–H groups in total. The van der Waals surface area contributed by atoms with E-state index in [0.29, 0.717) is 5.92 Å². The number of hydrogen-bond acceptors (Lipinski definition) is 3. The molecule has 4 heteroatoms. The van der Waals surface area contributed by atoms with Gasteiger partial charge in [0.25, 0.3) is 0 Å². The summed E-state index contributed by atoms with van der Waals surface area (Å²) in [5.41, 5.74) is 3.73. The van der Waals surface area contributed by atoms with Gasteiger partial charge in [-0.3, -0.25) is 9.88 Å². The van der Waals surface area contributed by atoms with Gasteiger partial charge in [0.1, 0.15) is 5.82 Å². The van der Waals surface area contributed by atoms with Gasteiger partial charge in [0.05, 0.1) is 6.54 Å². The number of nitrogens with zero attached hydrogens (tertiary/aromatic N) is 4. The molecule has 2 aromatic heterocycles. The van der Waals surface area contributed by atoms with Crippen LogP contribution in [0, 0.1) is 0 Å². The number of pyridine rings is 1. The van der Waals surface area contributed by atoms with Crippen LogP contribution in [0.4, 0.5) is 0 Å². The Balaban J connectivity index is 1.44. The lowest BCUT2D eigenvalue weighted by Gasteiger charge is -2.32. The maximum atomic E-state index is 5.01. The number of benzene rings is 1. The molecule has 4 rings (SSSR count). The number of piperidine rings is 1. The Morgan fingerprint density at radius 3 is 2.81 bits per heavy atom. The molecule has 1 atom stereocenters. The normalized spacial score (nSPS) is 17.9. The van der Waals surface area contributed by atoms with E-state index in [-0.39, 0.29) is 0 Å². The first-order valence-electron chi connectivity index (χ1n) is 10.0. The molecule has 1 saturated heterocycles. The number of imidazole rings is 1. The van der Waals surface area contributed by atoms with Crippen LogP contribution in [-0.4, -0.2) is 32.5 Å². The summed E-state index contributed by atoms with van der Waals surface area (Å²) in [4.78, 5) is 12.1. The fourth-order valence-corrected chi connectivity index (χ4v) is 4.05. The third-order valence-corrected chi connectivity index (χ3v) is 5.49. The van der Waals surface area contributed by atoms with Crippen molar-refractivity contribution < 1.29 is 0 Å². The SMILES string of the molecule is CCn1ccnc1CN1CCC[C@@H](c2cccc(Cc3ccccc3)n2)C1. The number of rotatable bonds is 6. The predicted octanol–water partition coefficient (Wildman–Crippen LogP) is 4.27. The van der Waals surface area contributed by atoms with E-state index in [9.17, 15) is 0 Å². The van der Waals surface area contributed by atoms with E-state index in [1.54, 1.807) is 0 Å². The zero-order valence-electron chi connectivity index (χ0n) is 16.1. The van der Waals surface area contributed by atoms with E-state index >= 15 is 0 Å². The molecule has 0 aliphatic carbocycles. The number of aryl methyl sites for hydroxylation is 1. The first kappa shape index (κ1) is 17.9. The molecule has 3 aromatic rings. The van der Waals surface area contributed by atoms with E-state index in [1.807, 2.05) is 6.20 Å². The minimum Gasteiger partial charge on any atom is -0.334 e. The van der Waals surface area contributed by atoms with Crippen molar-refractivity contribution >= 4 is 0 Å². The highest BCUT2D eigenvalue weighted by atomic mass is 15.2. The molecule has 3 heterocycles. The van der Waals surface area contributed by atoms with Gasteiger partial charge < -0.3 is 4.57 Å². The van der Waals surface area contributed by atoms with Crippen LogP contribution in [0.5, 0.6) is 0 Å². The summed E-state index contributed by atoms with van der Waals surface area (Å²) in [6, 6.07) is 17.1. The molecule has 0 amide bonds. The summed E-state index contributed by atoms with van der Waals surface area (Å²) in [6.07, 6.45) is 7.34. The van der Waals surface area contributed by atoms with Crippen molar-refractivity contribution in [3.63, 3.8) is 0 Å². The van der Waals surface area contributed by atoms with Crippen molar-refractivity contribution in [3.05, 3.63) is 83.7 Å². The van der Waals surface area contributed by atoms with Crippen LogP contribution < -0.4 is 0 Å². The molecule has 0 bridgehead atoms. The lowest BCUT2D eigenvalue weighted by molar-refractivity contribution is 0.192. The van der Waals surface area contributed by atoms with E-state index in [4.69, 9.17) is 4.98 Å². The first-order valence-corrected chi connectivity index (χ1v) is 10.0. The van der Waals surface area contributed by atoms with Crippen LogP contribution in [0.1, 0.15) is 48.5 Å². The average Bonchev–Trinajstić information content (AvgIpc) is 3.16. The number of hydrogen-bond donors (Lipinski definition) is 0. The van der Waals surface area contributed by atoms with Gasteiger partial charge in [-0.05, 0) is 44.0 Å². The standard InChI is InChI=1S/C23H28N4/c1-2-27-15-13-24-23(27)18-26-14-7-10-20(17-26)22-12-6-11-21(25-22)16-19-8-4-3-5-9-19/h3-6,8-9,11-13,15,20H,2,7,10,14,16-18H2,1H3/t20-/m1/s1. The summed E-state index contributed by atoms with van der Waals surface area (Å²) in [6.45, 7) is 6.30. The third kappa shape index (κ3) is 4.45. The molecule has 1 fully saturated rings. The molecule has 0 spiro atoms. The van der Waals surface area contributed by atoms with Gasteiger partial charge in [-0.2, -0.15) is 0 Å². The van der Waals surface area contributed by atoms with Crippen molar-refractivity contribution in [1.82, 2.24) is 19.4 Å². The van der Waals surface area contributed by atoms with Crippen LogP contribution in [-0.2, 0) is 19.5 Å². The molecule has 140 valence electrons. The Morgan fingerprint density at radius 2 is 1.96 bits per heavy atom. The fraction of sp³-hybridized carbons (Fsp3) is 0.391. The molecule has 0 radical (unpaired) electrons. The lowest BCUT2D eigenvalue weighted by Crippen LogP contribution is -2.35. The van der Waals surface area contributed by atoms with Crippen LogP contribution in [0.15, 0.2) is 60.9 Å². The number of aromatic nitrogens is 3. The summed E-state index contributed by atoms with van der Waals surface area (Å²) >= 11 is 0. The van der Waals surface area contributed by atoms with Crippen LogP contribution >= 0.6 is 0 Å². The van der Waals surface area contributed by atoms with E-state index < -0.39 is 0 Å². The second-order valence-corrected chi connectivity index (χ2v) is 7.42. The predicted molar refractivity (Wildman–Crippen MR) is 109 cm³/mol. The van der Waals surface area contributed by atoms with Gasteiger partial charge in [-0.25, -0.2) is 4.98 Å². The molecule has 1 aromatic carbocycles. The lowest BCUT2D eigenvalue weighted by atomic mass is 9.94. The second-order valence-electron chi connectivity index (χ2n) is 7.42. The van der Waals surface area contributed by atoms with Crippen LogP contribution in [0.3, 0.4) is 0 Å². The second kappa shape index (κ2) is 8.49. The Bertz CT molecular complexity index is 856. The molecule has 4 nitrogen and oxygen atoms in total. The van der Waals surface area contributed by atoms with Crippen molar-refractivity contribution in [2.24, 2.45) is 0 Å². The molecule has 27 heavy (non-hydrogen) atoms. The van der Waals surface area contributed by atoms with Crippen molar-refractivity contribution in [2.75, 3.05) is 13.1 Å². The minimum atomic E-state index is 0.513. The average molecular weight is 361 g/mol. The van der Waals surface area contributed by atoms with E-state index in [0.717, 1.165) is 38.3 Å². The molecular formula is C23H28N4. The molecule has 1 aliphatic heterocycles. The van der Waals surface area contributed by atoms with Gasteiger partial charge in [0.2, 0.25) is 0 Å². The molecular weight excluding hydrogens is 332 g/mol. The Morgan fingerprint density at radius 1 is 1.07 bits per heavy atom. The van der Waals surface area contributed by atoms with E-state index in [2.05, 4.69) is 76.1 Å². The van der Waals surface area contributed by atoms with Crippen molar-refractivity contribution in [1.29, 1.82) is 0 Å². The zero-order chi connectivity index (χ0) is 18.5. The third-order valence-electron chi connectivity index (χ3n) is 5.49. The highest BCUT2D eigenvalue weighted by molar-refractivity contribution is 5.24. The maximum absolute atomic E-state index is 5.01. The van der Waals surface area contributed by atoms with Crippen LogP contribution in [0.2, 0.25) is 0 Å². The Hall–Kier alpha value is -2.46. The zero-order valence-corrected chi connectivity index (χ0v) is 16.1. The maximum Gasteiger partial charge on any atom is 0.122 e. The molecule has 1 aliphatic rings. The minimum absolute atomic E-state index is 0.513. The van der Waals surface area contributed by atoms with Gasteiger partial charge in [0, 0.05) is 49.2 Å². The first-order chi connectivity index (χ1) is 13.3. The van der Waals surface area contributed by atoms with Gasteiger partial charge >= 0.3 is 0 Å². The Kier molecular flexibility index (Phi) is 5.64. The molecule has 0 unspecified atom stereocenters. The van der Waals surface area contributed by atoms with Crippen molar-refractivity contribution in [3.8, 4) is 0 Å². The van der Waals surface area contributed by atoms with Gasteiger partial charge in [0.15, 0.2) is 0 Å². The Labute approximate surface area is 161 Å².